The summed E-state index contributed by atoms with van der Waals surface area (Å²) in [5.41, 5.74) is 1.15. The fraction of sp³-hybridized carbons (Fsp3) is 0.538. The van der Waals surface area contributed by atoms with Crippen molar-refractivity contribution >= 4 is 5.69 Å². The SMILES string of the molecule is CCCC1CCNc2ccc(C(F)(F)F)cc21. The molecule has 0 aliphatic carbocycles. The maximum atomic E-state index is 12.7. The third-order valence-electron chi connectivity index (χ3n) is 3.26. The first-order valence-corrected chi connectivity index (χ1v) is 5.97. The smallest absolute Gasteiger partial charge is 0.385 e. The van der Waals surface area contributed by atoms with Crippen LogP contribution in [0.2, 0.25) is 0 Å². The number of hydrogen-bond acceptors (Lipinski definition) is 1. The zero-order valence-corrected chi connectivity index (χ0v) is 9.77. The van der Waals surface area contributed by atoms with Crippen LogP contribution in [0, 0.1) is 0 Å². The van der Waals surface area contributed by atoms with Gasteiger partial charge in [-0.05, 0) is 42.5 Å². The summed E-state index contributed by atoms with van der Waals surface area (Å²) in [6, 6.07) is 4.02. The number of benzene rings is 1. The number of fused-ring (bicyclic) bond motifs is 1. The second-order valence-corrected chi connectivity index (χ2v) is 4.50. The highest BCUT2D eigenvalue weighted by atomic mass is 19.4. The van der Waals surface area contributed by atoms with Crippen molar-refractivity contribution in [2.75, 3.05) is 11.9 Å². The molecule has 0 amide bonds. The number of anilines is 1. The molecule has 1 atom stereocenters. The van der Waals surface area contributed by atoms with E-state index in [1.54, 1.807) is 6.07 Å². The lowest BCUT2D eigenvalue weighted by Gasteiger charge is -2.27. The molecule has 17 heavy (non-hydrogen) atoms. The molecule has 0 bridgehead atoms. The summed E-state index contributed by atoms with van der Waals surface area (Å²) < 4.78 is 38.0. The van der Waals surface area contributed by atoms with Crippen LogP contribution in [0.25, 0.3) is 0 Å². The molecule has 94 valence electrons. The Labute approximate surface area is 99.0 Å². The van der Waals surface area contributed by atoms with E-state index in [9.17, 15) is 13.2 Å². The van der Waals surface area contributed by atoms with Crippen LogP contribution in [-0.2, 0) is 6.18 Å². The van der Waals surface area contributed by atoms with Gasteiger partial charge in [-0.2, -0.15) is 13.2 Å². The minimum absolute atomic E-state index is 0.263. The molecule has 1 nitrogen and oxygen atoms in total. The highest BCUT2D eigenvalue weighted by Crippen LogP contribution is 2.38. The van der Waals surface area contributed by atoms with Crippen LogP contribution in [0.3, 0.4) is 0 Å². The molecule has 1 aromatic carbocycles. The predicted octanol–water partition coefficient (Wildman–Crippen LogP) is 4.40. The molecule has 0 fully saturated rings. The topological polar surface area (TPSA) is 12.0 Å². The average molecular weight is 243 g/mol. The van der Waals surface area contributed by atoms with Crippen molar-refractivity contribution in [2.24, 2.45) is 0 Å². The third kappa shape index (κ3) is 2.56. The summed E-state index contributed by atoms with van der Waals surface area (Å²) in [5, 5.41) is 3.16. The number of hydrogen-bond donors (Lipinski definition) is 1. The first kappa shape index (κ1) is 12.3. The normalized spacial score (nSPS) is 19.6. The maximum absolute atomic E-state index is 12.7. The number of halogens is 3. The highest BCUT2D eigenvalue weighted by Gasteiger charge is 2.32. The van der Waals surface area contributed by atoms with E-state index in [4.69, 9.17) is 0 Å². The molecular weight excluding hydrogens is 227 g/mol. The van der Waals surface area contributed by atoms with Gasteiger partial charge >= 0.3 is 6.18 Å². The molecule has 0 radical (unpaired) electrons. The van der Waals surface area contributed by atoms with E-state index >= 15 is 0 Å². The Morgan fingerprint density at radius 2 is 2.12 bits per heavy atom. The van der Waals surface area contributed by atoms with Crippen molar-refractivity contribution in [3.63, 3.8) is 0 Å². The van der Waals surface area contributed by atoms with Crippen molar-refractivity contribution < 1.29 is 13.2 Å². The molecule has 1 aromatic rings. The van der Waals surface area contributed by atoms with Crippen LogP contribution in [-0.4, -0.2) is 6.54 Å². The van der Waals surface area contributed by atoms with Crippen molar-refractivity contribution in [3.8, 4) is 0 Å². The second-order valence-electron chi connectivity index (χ2n) is 4.50. The Kier molecular flexibility index (Phi) is 3.31. The van der Waals surface area contributed by atoms with Crippen LogP contribution in [0.1, 0.15) is 43.2 Å². The van der Waals surface area contributed by atoms with E-state index in [1.807, 2.05) is 0 Å². The second kappa shape index (κ2) is 4.59. The van der Waals surface area contributed by atoms with Gasteiger partial charge in [0.05, 0.1) is 5.56 Å². The lowest BCUT2D eigenvalue weighted by Crippen LogP contribution is -2.18. The predicted molar refractivity (Wildman–Crippen MR) is 62.2 cm³/mol. The van der Waals surface area contributed by atoms with Gasteiger partial charge in [0.15, 0.2) is 0 Å². The molecule has 1 aliphatic rings. The summed E-state index contributed by atoms with van der Waals surface area (Å²) in [6.45, 7) is 2.92. The first-order valence-electron chi connectivity index (χ1n) is 5.97. The summed E-state index contributed by atoms with van der Waals surface area (Å²) >= 11 is 0. The van der Waals surface area contributed by atoms with Gasteiger partial charge in [0.1, 0.15) is 0 Å². The van der Waals surface area contributed by atoms with E-state index in [-0.39, 0.29) is 5.92 Å². The molecule has 0 aromatic heterocycles. The monoisotopic (exact) mass is 243 g/mol. The zero-order chi connectivity index (χ0) is 12.5. The van der Waals surface area contributed by atoms with E-state index in [0.717, 1.165) is 43.1 Å². The summed E-state index contributed by atoms with van der Waals surface area (Å²) in [7, 11) is 0. The van der Waals surface area contributed by atoms with Gasteiger partial charge in [-0.3, -0.25) is 0 Å². The van der Waals surface area contributed by atoms with Crippen molar-refractivity contribution in [2.45, 2.75) is 38.3 Å². The highest BCUT2D eigenvalue weighted by molar-refractivity contribution is 5.56. The van der Waals surface area contributed by atoms with Gasteiger partial charge in [0.2, 0.25) is 0 Å². The standard InChI is InChI=1S/C13H16F3N/c1-2-3-9-6-7-17-12-5-4-10(8-11(9)12)13(14,15)16/h4-5,8-9,17H,2-3,6-7H2,1H3. The molecule has 4 heteroatoms. The Morgan fingerprint density at radius 3 is 2.76 bits per heavy atom. The van der Waals surface area contributed by atoms with E-state index in [1.165, 1.54) is 6.07 Å². The average Bonchev–Trinajstić information content (AvgIpc) is 2.28. The molecule has 1 heterocycles. The van der Waals surface area contributed by atoms with Gasteiger partial charge in [0.25, 0.3) is 0 Å². The number of alkyl halides is 3. The van der Waals surface area contributed by atoms with Crippen LogP contribution in [0.5, 0.6) is 0 Å². The maximum Gasteiger partial charge on any atom is 0.416 e. The van der Waals surface area contributed by atoms with Gasteiger partial charge in [-0.1, -0.05) is 13.3 Å². The number of rotatable bonds is 2. The van der Waals surface area contributed by atoms with Crippen molar-refractivity contribution in [1.29, 1.82) is 0 Å². The summed E-state index contributed by atoms with van der Waals surface area (Å²) in [5.74, 6) is 0.263. The van der Waals surface area contributed by atoms with Gasteiger partial charge < -0.3 is 5.32 Å². The Morgan fingerprint density at radius 1 is 1.35 bits per heavy atom. The van der Waals surface area contributed by atoms with Crippen LogP contribution in [0.15, 0.2) is 18.2 Å². The molecule has 0 saturated carbocycles. The van der Waals surface area contributed by atoms with Crippen molar-refractivity contribution in [3.05, 3.63) is 29.3 Å². The fourth-order valence-corrected chi connectivity index (χ4v) is 2.42. The molecule has 0 spiro atoms. The minimum atomic E-state index is -4.25. The summed E-state index contributed by atoms with van der Waals surface area (Å²) in [6.07, 6.45) is -1.37. The van der Waals surface area contributed by atoms with Gasteiger partial charge in [-0.15, -0.1) is 0 Å². The molecule has 1 aliphatic heterocycles. The molecule has 1 unspecified atom stereocenters. The molecule has 0 saturated heterocycles. The lowest BCUT2D eigenvalue weighted by atomic mass is 9.86. The van der Waals surface area contributed by atoms with E-state index in [2.05, 4.69) is 12.2 Å². The van der Waals surface area contributed by atoms with E-state index in [0.29, 0.717) is 0 Å². The Bertz CT molecular complexity index is 398. The molecule has 1 N–H and O–H groups in total. The van der Waals surface area contributed by atoms with Crippen molar-refractivity contribution in [1.82, 2.24) is 0 Å². The van der Waals surface area contributed by atoms with Crippen LogP contribution >= 0.6 is 0 Å². The molecule has 2 rings (SSSR count). The minimum Gasteiger partial charge on any atom is -0.385 e. The van der Waals surface area contributed by atoms with Gasteiger partial charge in [-0.25, -0.2) is 0 Å². The van der Waals surface area contributed by atoms with Crippen LogP contribution < -0.4 is 5.32 Å². The fourth-order valence-electron chi connectivity index (χ4n) is 2.42. The summed E-state index contributed by atoms with van der Waals surface area (Å²) in [4.78, 5) is 0. The van der Waals surface area contributed by atoms with E-state index < -0.39 is 11.7 Å². The first-order chi connectivity index (χ1) is 8.02. The number of nitrogens with one attached hydrogen (secondary N) is 1. The Balaban J connectivity index is 2.37. The Hall–Kier alpha value is -1.19. The zero-order valence-electron chi connectivity index (χ0n) is 9.77. The quantitative estimate of drug-likeness (QED) is 0.811. The van der Waals surface area contributed by atoms with Crippen LogP contribution in [0.4, 0.5) is 18.9 Å². The largest absolute Gasteiger partial charge is 0.416 e. The lowest BCUT2D eigenvalue weighted by molar-refractivity contribution is -0.137. The van der Waals surface area contributed by atoms with Gasteiger partial charge in [0, 0.05) is 12.2 Å². The third-order valence-corrected chi connectivity index (χ3v) is 3.26. The molecular formula is C13H16F3N.